The molecule has 1 aliphatic carbocycles. The van der Waals surface area contributed by atoms with Crippen molar-refractivity contribution in [3.63, 3.8) is 0 Å². The van der Waals surface area contributed by atoms with Gasteiger partial charge in [-0.05, 0) is 37.1 Å². The first-order chi connectivity index (χ1) is 19.7. The number of hydrogen-bond donors (Lipinski definition) is 4. The highest BCUT2D eigenvalue weighted by molar-refractivity contribution is 6.01. The van der Waals surface area contributed by atoms with E-state index in [4.69, 9.17) is 19.4 Å². The van der Waals surface area contributed by atoms with Gasteiger partial charge in [-0.25, -0.2) is 0 Å². The summed E-state index contributed by atoms with van der Waals surface area (Å²) in [6.45, 7) is 3.19. The number of nitrogens with one attached hydrogen (secondary N) is 4. The van der Waals surface area contributed by atoms with Crippen LogP contribution in [0, 0.1) is 0 Å². The van der Waals surface area contributed by atoms with Crippen molar-refractivity contribution in [2.45, 2.75) is 38.1 Å². The van der Waals surface area contributed by atoms with Crippen LogP contribution in [-0.4, -0.2) is 69.8 Å². The van der Waals surface area contributed by atoms with Crippen molar-refractivity contribution >= 4 is 45.1 Å². The molecule has 2 fully saturated rings. The highest BCUT2D eigenvalue weighted by Gasteiger charge is 2.22. The molecule has 40 heavy (non-hydrogen) atoms. The number of hydrogen-bond acceptors (Lipinski definition) is 9. The third-order valence-electron chi connectivity index (χ3n) is 7.90. The Morgan fingerprint density at radius 3 is 2.73 bits per heavy atom. The number of anilines is 4. The normalized spacial score (nSPS) is 16.5. The summed E-state index contributed by atoms with van der Waals surface area (Å²) in [7, 11) is 1.68. The van der Waals surface area contributed by atoms with Gasteiger partial charge in [0, 0.05) is 41.8 Å². The third-order valence-corrected chi connectivity index (χ3v) is 7.90. The van der Waals surface area contributed by atoms with Crippen molar-refractivity contribution in [2.24, 2.45) is 0 Å². The lowest BCUT2D eigenvalue weighted by Gasteiger charge is -2.29. The lowest BCUT2D eigenvalue weighted by molar-refractivity contribution is 0.122. The average molecular weight is 540 g/mol. The molecule has 0 bridgehead atoms. The van der Waals surface area contributed by atoms with Crippen molar-refractivity contribution in [2.75, 3.05) is 48.9 Å². The van der Waals surface area contributed by atoms with Crippen LogP contribution in [0.5, 0.6) is 5.75 Å². The molecule has 2 aliphatic rings. The zero-order valence-corrected chi connectivity index (χ0v) is 22.5. The molecule has 1 saturated heterocycles. The standard InChI is InChI=1S/C29H33N9O2/c1-39-24-16-21(38-11-13-40-14-12-38)8-10-23(24)32-29-33-27(31-20-5-3-2-4-6-20)25-26(36-37-28(25)34-29)18-7-9-22-19(15-18)17-30-35-22/h7-10,15-17,20H,2-6,11-14H2,1H3,(H,30,35)(H3,31,32,33,34,36,37). The largest absolute Gasteiger partial charge is 0.494 e. The molecule has 3 aromatic heterocycles. The maximum absolute atomic E-state index is 5.76. The Kier molecular flexibility index (Phi) is 6.56. The monoisotopic (exact) mass is 539 g/mol. The van der Waals surface area contributed by atoms with Crippen LogP contribution >= 0.6 is 0 Å². The van der Waals surface area contributed by atoms with Crippen molar-refractivity contribution in [3.8, 4) is 17.0 Å². The summed E-state index contributed by atoms with van der Waals surface area (Å²) >= 11 is 0. The minimum absolute atomic E-state index is 0.362. The summed E-state index contributed by atoms with van der Waals surface area (Å²) in [6, 6.07) is 12.7. The van der Waals surface area contributed by atoms with E-state index in [9.17, 15) is 0 Å². The summed E-state index contributed by atoms with van der Waals surface area (Å²) in [5.41, 5.74) is 5.38. The van der Waals surface area contributed by atoms with Crippen molar-refractivity contribution in [1.29, 1.82) is 0 Å². The third kappa shape index (κ3) is 4.77. The number of morpholine rings is 1. The van der Waals surface area contributed by atoms with E-state index in [-0.39, 0.29) is 0 Å². The maximum atomic E-state index is 5.76. The smallest absolute Gasteiger partial charge is 0.231 e. The van der Waals surface area contributed by atoms with E-state index in [1.165, 1.54) is 19.3 Å². The number of aromatic nitrogens is 6. The summed E-state index contributed by atoms with van der Waals surface area (Å²) in [6.07, 6.45) is 7.80. The first-order valence-electron chi connectivity index (χ1n) is 14.0. The van der Waals surface area contributed by atoms with E-state index in [1.807, 2.05) is 24.4 Å². The SMILES string of the molecule is COc1cc(N2CCOCC2)ccc1Nc1nc(NC2CCCCC2)c2c(-c3ccc4[nH]ncc4c3)[nH]nc2n1. The molecule has 7 rings (SSSR count). The number of benzene rings is 2. The number of rotatable bonds is 7. The minimum atomic E-state index is 0.362. The van der Waals surface area contributed by atoms with Crippen LogP contribution in [0.15, 0.2) is 42.6 Å². The fourth-order valence-corrected chi connectivity index (χ4v) is 5.75. The molecule has 1 saturated carbocycles. The highest BCUT2D eigenvalue weighted by atomic mass is 16.5. The van der Waals surface area contributed by atoms with Gasteiger partial charge in [-0.15, -0.1) is 0 Å². The van der Waals surface area contributed by atoms with Gasteiger partial charge in [0.15, 0.2) is 5.65 Å². The van der Waals surface area contributed by atoms with E-state index in [1.54, 1.807) is 7.11 Å². The van der Waals surface area contributed by atoms with Gasteiger partial charge in [-0.1, -0.05) is 25.3 Å². The van der Waals surface area contributed by atoms with Gasteiger partial charge in [0.05, 0.1) is 48.8 Å². The molecule has 1 aliphatic heterocycles. The topological polar surface area (TPSA) is 129 Å². The Labute approximate surface area is 231 Å². The summed E-state index contributed by atoms with van der Waals surface area (Å²) in [5, 5.41) is 24.1. The first-order valence-corrected chi connectivity index (χ1v) is 14.0. The predicted molar refractivity (Wildman–Crippen MR) is 157 cm³/mol. The predicted octanol–water partition coefficient (Wildman–Crippen LogP) is 5.23. The summed E-state index contributed by atoms with van der Waals surface area (Å²) in [5.74, 6) is 1.97. The molecule has 4 N–H and O–H groups in total. The van der Waals surface area contributed by atoms with E-state index in [0.29, 0.717) is 17.6 Å². The van der Waals surface area contributed by atoms with Crippen LogP contribution in [0.1, 0.15) is 32.1 Å². The first kappa shape index (κ1) is 24.6. The molecule has 0 radical (unpaired) electrons. The van der Waals surface area contributed by atoms with Crippen molar-refractivity contribution < 1.29 is 9.47 Å². The molecule has 4 heterocycles. The van der Waals surface area contributed by atoms with Crippen LogP contribution in [0.25, 0.3) is 33.2 Å². The Morgan fingerprint density at radius 1 is 1.00 bits per heavy atom. The quantitative estimate of drug-likeness (QED) is 0.220. The molecule has 11 heteroatoms. The zero-order chi connectivity index (χ0) is 26.9. The lowest BCUT2D eigenvalue weighted by Crippen LogP contribution is -2.36. The zero-order valence-electron chi connectivity index (χ0n) is 22.5. The lowest BCUT2D eigenvalue weighted by atomic mass is 9.95. The number of ether oxygens (including phenoxy) is 2. The second-order valence-corrected chi connectivity index (χ2v) is 10.5. The molecule has 11 nitrogen and oxygen atoms in total. The Morgan fingerprint density at radius 2 is 1.88 bits per heavy atom. The fourth-order valence-electron chi connectivity index (χ4n) is 5.75. The van der Waals surface area contributed by atoms with E-state index < -0.39 is 0 Å². The van der Waals surface area contributed by atoms with Gasteiger partial charge >= 0.3 is 0 Å². The van der Waals surface area contributed by atoms with Crippen molar-refractivity contribution in [1.82, 2.24) is 30.4 Å². The minimum Gasteiger partial charge on any atom is -0.494 e. The molecule has 0 spiro atoms. The number of fused-ring (bicyclic) bond motifs is 2. The highest BCUT2D eigenvalue weighted by Crippen LogP contribution is 2.36. The van der Waals surface area contributed by atoms with Gasteiger partial charge in [0.1, 0.15) is 11.6 Å². The van der Waals surface area contributed by atoms with Crippen LogP contribution in [-0.2, 0) is 4.74 Å². The Balaban J connectivity index is 1.26. The molecule has 206 valence electrons. The van der Waals surface area contributed by atoms with Gasteiger partial charge in [0.2, 0.25) is 5.95 Å². The van der Waals surface area contributed by atoms with Crippen LogP contribution in [0.3, 0.4) is 0 Å². The molecule has 0 amide bonds. The number of methoxy groups -OCH3 is 1. The molecular formula is C29H33N9O2. The van der Waals surface area contributed by atoms with Gasteiger partial charge in [-0.3, -0.25) is 10.2 Å². The van der Waals surface area contributed by atoms with Crippen LogP contribution in [0.2, 0.25) is 0 Å². The number of nitrogens with zero attached hydrogens (tertiary/aromatic N) is 5. The molecule has 2 aromatic carbocycles. The Hall–Kier alpha value is -4.38. The Bertz CT molecular complexity index is 1630. The number of aromatic amines is 2. The van der Waals surface area contributed by atoms with Crippen molar-refractivity contribution in [3.05, 3.63) is 42.6 Å². The molecule has 0 atom stereocenters. The second kappa shape index (κ2) is 10.6. The van der Waals surface area contributed by atoms with E-state index in [2.05, 4.69) is 54.1 Å². The van der Waals surface area contributed by atoms with Crippen LogP contribution < -0.4 is 20.3 Å². The maximum Gasteiger partial charge on any atom is 0.231 e. The average Bonchev–Trinajstić information content (AvgIpc) is 3.65. The second-order valence-electron chi connectivity index (χ2n) is 10.5. The molecular weight excluding hydrogens is 506 g/mol. The van der Waals surface area contributed by atoms with Gasteiger partial charge in [-0.2, -0.15) is 20.2 Å². The molecule has 5 aromatic rings. The summed E-state index contributed by atoms with van der Waals surface area (Å²) in [4.78, 5) is 12.1. The molecule has 0 unspecified atom stereocenters. The van der Waals surface area contributed by atoms with Gasteiger partial charge < -0.3 is 25.0 Å². The van der Waals surface area contributed by atoms with Crippen LogP contribution in [0.4, 0.5) is 23.1 Å². The van der Waals surface area contributed by atoms with E-state index in [0.717, 1.165) is 89.6 Å². The van der Waals surface area contributed by atoms with Gasteiger partial charge in [0.25, 0.3) is 0 Å². The van der Waals surface area contributed by atoms with E-state index >= 15 is 0 Å². The number of H-pyrrole nitrogens is 2. The summed E-state index contributed by atoms with van der Waals surface area (Å²) < 4.78 is 11.3. The fraction of sp³-hybridized carbons (Fsp3) is 0.379.